The maximum Gasteiger partial charge on any atom is 0.416 e. The Morgan fingerprint density at radius 3 is 2.43 bits per heavy atom. The summed E-state index contributed by atoms with van der Waals surface area (Å²) >= 11 is 0. The molecule has 0 aliphatic heterocycles. The molecule has 0 aliphatic rings. The molecule has 0 atom stereocenters. The largest absolute Gasteiger partial charge is 0.508 e. The first-order valence-corrected chi connectivity index (χ1v) is 6.05. The molecule has 0 saturated heterocycles. The van der Waals surface area contributed by atoms with E-state index < -0.39 is 17.5 Å². The van der Waals surface area contributed by atoms with Gasteiger partial charge in [-0.1, -0.05) is 30.3 Å². The molecule has 0 spiro atoms. The van der Waals surface area contributed by atoms with Crippen LogP contribution in [0.4, 0.5) is 13.2 Å². The molecule has 21 heavy (non-hydrogen) atoms. The molecule has 0 amide bonds. The number of halogens is 3. The van der Waals surface area contributed by atoms with Gasteiger partial charge in [0, 0.05) is 5.56 Å². The first-order chi connectivity index (χ1) is 9.86. The van der Waals surface area contributed by atoms with E-state index in [4.69, 9.17) is 0 Å². The van der Waals surface area contributed by atoms with Gasteiger partial charge in [0.1, 0.15) is 5.75 Å². The Morgan fingerprint density at radius 2 is 1.76 bits per heavy atom. The molecule has 108 valence electrons. The van der Waals surface area contributed by atoms with Crippen molar-refractivity contribution in [2.24, 2.45) is 0 Å². The Morgan fingerprint density at radius 1 is 1.05 bits per heavy atom. The van der Waals surface area contributed by atoms with E-state index in [2.05, 4.69) is 0 Å². The van der Waals surface area contributed by atoms with Crippen LogP contribution >= 0.6 is 0 Å². The van der Waals surface area contributed by atoms with Crippen LogP contribution in [0.1, 0.15) is 21.5 Å². The van der Waals surface area contributed by atoms with Gasteiger partial charge in [0.15, 0.2) is 5.78 Å². The molecule has 0 aliphatic carbocycles. The molecule has 0 aromatic heterocycles. The van der Waals surface area contributed by atoms with E-state index in [1.165, 1.54) is 48.6 Å². The van der Waals surface area contributed by atoms with Crippen molar-refractivity contribution in [3.05, 3.63) is 71.3 Å². The number of phenolic OH excluding ortho intramolecular Hbond substituents is 1. The zero-order valence-corrected chi connectivity index (χ0v) is 10.8. The van der Waals surface area contributed by atoms with Gasteiger partial charge in [-0.3, -0.25) is 4.79 Å². The quantitative estimate of drug-likeness (QED) is 0.676. The average Bonchev–Trinajstić information content (AvgIpc) is 2.44. The van der Waals surface area contributed by atoms with Crippen LogP contribution in [0.5, 0.6) is 5.75 Å². The fraction of sp³-hybridized carbons (Fsp3) is 0.0625. The van der Waals surface area contributed by atoms with Gasteiger partial charge < -0.3 is 5.11 Å². The topological polar surface area (TPSA) is 37.3 Å². The molecule has 1 N–H and O–H groups in total. The van der Waals surface area contributed by atoms with Crippen LogP contribution in [0, 0.1) is 0 Å². The molecule has 0 fully saturated rings. The maximum absolute atomic E-state index is 12.6. The van der Waals surface area contributed by atoms with Crippen molar-refractivity contribution >= 4 is 11.9 Å². The van der Waals surface area contributed by atoms with Gasteiger partial charge in [0.05, 0.1) is 5.56 Å². The van der Waals surface area contributed by atoms with Gasteiger partial charge in [0.25, 0.3) is 0 Å². The summed E-state index contributed by atoms with van der Waals surface area (Å²) in [4.78, 5) is 11.8. The third-order valence-electron chi connectivity index (χ3n) is 2.77. The molecule has 2 aromatic rings. The van der Waals surface area contributed by atoms with E-state index >= 15 is 0 Å². The number of alkyl halides is 3. The number of carbonyl (C=O) groups excluding carboxylic acids is 1. The second-order valence-electron chi connectivity index (χ2n) is 4.37. The lowest BCUT2D eigenvalue weighted by molar-refractivity contribution is -0.137. The van der Waals surface area contributed by atoms with Gasteiger partial charge in [-0.05, 0) is 35.9 Å². The molecule has 2 nitrogen and oxygen atoms in total. The average molecular weight is 292 g/mol. The molecule has 0 radical (unpaired) electrons. The summed E-state index contributed by atoms with van der Waals surface area (Å²) in [5, 5.41) is 9.27. The number of carbonyl (C=O) groups is 1. The maximum atomic E-state index is 12.6. The van der Waals surface area contributed by atoms with Crippen LogP contribution in [-0.4, -0.2) is 10.9 Å². The van der Waals surface area contributed by atoms with Crippen LogP contribution in [0.15, 0.2) is 54.6 Å². The SMILES string of the molecule is O=C(/C=C/c1cccc(C(F)(F)F)c1)c1cccc(O)c1. The van der Waals surface area contributed by atoms with Crippen molar-refractivity contribution < 1.29 is 23.1 Å². The van der Waals surface area contributed by atoms with Gasteiger partial charge in [-0.2, -0.15) is 13.2 Å². The highest BCUT2D eigenvalue weighted by molar-refractivity contribution is 6.07. The number of benzene rings is 2. The molecule has 0 saturated carbocycles. The predicted molar refractivity (Wildman–Crippen MR) is 72.9 cm³/mol. The Hall–Kier alpha value is -2.56. The second-order valence-corrected chi connectivity index (χ2v) is 4.37. The molecule has 0 bridgehead atoms. The monoisotopic (exact) mass is 292 g/mol. The van der Waals surface area contributed by atoms with Crippen molar-refractivity contribution in [2.75, 3.05) is 0 Å². The number of ketones is 1. The summed E-state index contributed by atoms with van der Waals surface area (Å²) in [6.45, 7) is 0. The number of rotatable bonds is 3. The van der Waals surface area contributed by atoms with Crippen molar-refractivity contribution in [1.29, 1.82) is 0 Å². The van der Waals surface area contributed by atoms with Gasteiger partial charge in [-0.15, -0.1) is 0 Å². The normalized spacial score (nSPS) is 11.8. The lowest BCUT2D eigenvalue weighted by Crippen LogP contribution is -2.04. The third kappa shape index (κ3) is 3.95. The van der Waals surface area contributed by atoms with Crippen molar-refractivity contribution in [1.82, 2.24) is 0 Å². The number of phenols is 1. The van der Waals surface area contributed by atoms with E-state index in [9.17, 15) is 23.1 Å². The van der Waals surface area contributed by atoms with E-state index in [0.717, 1.165) is 12.1 Å². The van der Waals surface area contributed by atoms with Crippen LogP contribution in [0.2, 0.25) is 0 Å². The molecule has 2 rings (SSSR count). The van der Waals surface area contributed by atoms with Crippen LogP contribution in [-0.2, 0) is 6.18 Å². The Labute approximate surface area is 119 Å². The highest BCUT2D eigenvalue weighted by atomic mass is 19.4. The summed E-state index contributed by atoms with van der Waals surface area (Å²) in [7, 11) is 0. The summed E-state index contributed by atoms with van der Waals surface area (Å²) in [5.41, 5.74) is -0.231. The predicted octanol–water partition coefficient (Wildman–Crippen LogP) is 4.31. The fourth-order valence-electron chi connectivity index (χ4n) is 1.75. The van der Waals surface area contributed by atoms with Gasteiger partial charge in [0.2, 0.25) is 0 Å². The number of hydrogen-bond donors (Lipinski definition) is 1. The molecule has 0 heterocycles. The Bertz CT molecular complexity index is 688. The number of allylic oxidation sites excluding steroid dienone is 1. The summed E-state index contributed by atoms with van der Waals surface area (Å²) in [5.74, 6) is -0.448. The summed E-state index contributed by atoms with van der Waals surface area (Å²) in [6, 6.07) is 10.4. The lowest BCUT2D eigenvalue weighted by atomic mass is 10.1. The van der Waals surface area contributed by atoms with Crippen LogP contribution < -0.4 is 0 Å². The van der Waals surface area contributed by atoms with Crippen molar-refractivity contribution in [3.8, 4) is 5.75 Å². The molecular formula is C16H11F3O2. The Kier molecular flexibility index (Phi) is 4.12. The highest BCUT2D eigenvalue weighted by Crippen LogP contribution is 2.29. The Balaban J connectivity index is 2.20. The minimum Gasteiger partial charge on any atom is -0.508 e. The zero-order valence-electron chi connectivity index (χ0n) is 10.8. The summed E-state index contributed by atoms with van der Waals surface area (Å²) < 4.78 is 37.7. The van der Waals surface area contributed by atoms with Crippen LogP contribution in [0.25, 0.3) is 6.08 Å². The van der Waals surface area contributed by atoms with Crippen LogP contribution in [0.3, 0.4) is 0 Å². The minimum absolute atomic E-state index is 0.0479. The molecule has 2 aromatic carbocycles. The smallest absolute Gasteiger partial charge is 0.416 e. The first-order valence-electron chi connectivity index (χ1n) is 6.05. The molecule has 0 unspecified atom stereocenters. The summed E-state index contributed by atoms with van der Waals surface area (Å²) in [6.07, 6.45) is -1.94. The van der Waals surface area contributed by atoms with E-state index in [-0.39, 0.29) is 16.9 Å². The second kappa shape index (κ2) is 5.83. The zero-order chi connectivity index (χ0) is 15.5. The third-order valence-corrected chi connectivity index (χ3v) is 2.77. The van der Waals surface area contributed by atoms with E-state index in [1.807, 2.05) is 0 Å². The standard InChI is InChI=1S/C16H11F3O2/c17-16(18,19)13-5-1-3-11(9-13)7-8-15(21)12-4-2-6-14(20)10-12/h1-10,20H/b8-7+. The molecule has 5 heteroatoms. The highest BCUT2D eigenvalue weighted by Gasteiger charge is 2.30. The van der Waals surface area contributed by atoms with E-state index in [1.54, 1.807) is 0 Å². The van der Waals surface area contributed by atoms with E-state index in [0.29, 0.717) is 0 Å². The lowest BCUT2D eigenvalue weighted by Gasteiger charge is -2.06. The molecular weight excluding hydrogens is 281 g/mol. The first kappa shape index (κ1) is 14.8. The van der Waals surface area contributed by atoms with Gasteiger partial charge in [-0.25, -0.2) is 0 Å². The fourth-order valence-corrected chi connectivity index (χ4v) is 1.75. The minimum atomic E-state index is -4.42. The van der Waals surface area contributed by atoms with Gasteiger partial charge >= 0.3 is 6.18 Å². The number of hydrogen-bond acceptors (Lipinski definition) is 2. The number of aromatic hydroxyl groups is 1. The van der Waals surface area contributed by atoms with Crippen molar-refractivity contribution in [2.45, 2.75) is 6.18 Å². The van der Waals surface area contributed by atoms with Crippen molar-refractivity contribution in [3.63, 3.8) is 0 Å².